The standard InChI is InChI=1S/C13H15N3O3S/c1-16(10-5-6-20(18,19)8-10)13(17)11-4-2-3-9-7-14-15-12(9)11/h2-4,7,10H,5-6,8H2,1H3,(H,14,15). The normalized spacial score (nSPS) is 21.1. The predicted octanol–water partition coefficient (Wildman–Crippen LogP) is 0.822. The molecule has 1 aromatic heterocycles. The highest BCUT2D eigenvalue weighted by Gasteiger charge is 2.33. The smallest absolute Gasteiger partial charge is 0.256 e. The van der Waals surface area contributed by atoms with E-state index in [2.05, 4.69) is 10.2 Å². The van der Waals surface area contributed by atoms with Gasteiger partial charge in [-0.2, -0.15) is 5.10 Å². The van der Waals surface area contributed by atoms with Crippen LogP contribution < -0.4 is 0 Å². The fourth-order valence-corrected chi connectivity index (χ4v) is 4.36. The van der Waals surface area contributed by atoms with Gasteiger partial charge in [-0.15, -0.1) is 0 Å². The number of hydrogen-bond donors (Lipinski definition) is 1. The van der Waals surface area contributed by atoms with E-state index in [-0.39, 0.29) is 23.5 Å². The first-order valence-corrected chi connectivity index (χ1v) is 8.20. The van der Waals surface area contributed by atoms with Crippen LogP contribution in [0.4, 0.5) is 0 Å². The van der Waals surface area contributed by atoms with Crippen LogP contribution in [0.3, 0.4) is 0 Å². The molecule has 0 aliphatic carbocycles. The number of amides is 1. The number of rotatable bonds is 2. The van der Waals surface area contributed by atoms with E-state index in [0.29, 0.717) is 17.5 Å². The highest BCUT2D eigenvalue weighted by Crippen LogP contribution is 2.21. The molecule has 106 valence electrons. The molecular formula is C13H15N3O3S. The molecule has 1 aliphatic rings. The first-order valence-electron chi connectivity index (χ1n) is 6.37. The molecule has 7 heteroatoms. The van der Waals surface area contributed by atoms with Gasteiger partial charge in [-0.1, -0.05) is 12.1 Å². The van der Waals surface area contributed by atoms with E-state index in [1.54, 1.807) is 25.4 Å². The van der Waals surface area contributed by atoms with Crippen molar-refractivity contribution in [3.05, 3.63) is 30.0 Å². The van der Waals surface area contributed by atoms with Crippen molar-refractivity contribution >= 4 is 26.6 Å². The number of carbonyl (C=O) groups excluding carboxylic acids is 1. The van der Waals surface area contributed by atoms with Crippen molar-refractivity contribution in [1.29, 1.82) is 0 Å². The fourth-order valence-electron chi connectivity index (χ4n) is 2.58. The Kier molecular flexibility index (Phi) is 3.01. The van der Waals surface area contributed by atoms with Crippen LogP contribution in [0.1, 0.15) is 16.8 Å². The maximum atomic E-state index is 12.5. The number of nitrogens with zero attached hydrogens (tertiary/aromatic N) is 2. The summed E-state index contributed by atoms with van der Waals surface area (Å²) in [7, 11) is -1.35. The van der Waals surface area contributed by atoms with Crippen LogP contribution >= 0.6 is 0 Å². The Morgan fingerprint density at radius 2 is 2.25 bits per heavy atom. The molecule has 6 nitrogen and oxygen atoms in total. The van der Waals surface area contributed by atoms with Crippen LogP contribution in [0, 0.1) is 0 Å². The molecule has 0 saturated carbocycles. The summed E-state index contributed by atoms with van der Waals surface area (Å²) in [4.78, 5) is 14.1. The lowest BCUT2D eigenvalue weighted by molar-refractivity contribution is 0.0749. The zero-order valence-electron chi connectivity index (χ0n) is 11.0. The second-order valence-corrected chi connectivity index (χ2v) is 7.34. The van der Waals surface area contributed by atoms with E-state index in [4.69, 9.17) is 0 Å². The molecule has 1 aromatic carbocycles. The number of benzene rings is 1. The molecule has 1 amide bonds. The molecule has 0 spiro atoms. The highest BCUT2D eigenvalue weighted by molar-refractivity contribution is 7.91. The van der Waals surface area contributed by atoms with Crippen molar-refractivity contribution in [2.45, 2.75) is 12.5 Å². The lowest BCUT2D eigenvalue weighted by Crippen LogP contribution is -2.37. The van der Waals surface area contributed by atoms with Crippen LogP contribution in [0.2, 0.25) is 0 Å². The summed E-state index contributed by atoms with van der Waals surface area (Å²) in [6.07, 6.45) is 2.16. The van der Waals surface area contributed by atoms with Crippen molar-refractivity contribution in [1.82, 2.24) is 15.1 Å². The summed E-state index contributed by atoms with van der Waals surface area (Å²) in [5.74, 6) is 0.0273. The van der Waals surface area contributed by atoms with Gasteiger partial charge in [0, 0.05) is 18.5 Å². The van der Waals surface area contributed by atoms with Crippen LogP contribution in [0.5, 0.6) is 0 Å². The second-order valence-electron chi connectivity index (χ2n) is 5.11. The Morgan fingerprint density at radius 1 is 1.45 bits per heavy atom. The summed E-state index contributed by atoms with van der Waals surface area (Å²) < 4.78 is 23.0. The molecule has 1 saturated heterocycles. The van der Waals surface area contributed by atoms with E-state index in [9.17, 15) is 13.2 Å². The van der Waals surface area contributed by atoms with Gasteiger partial charge in [0.25, 0.3) is 5.91 Å². The SMILES string of the molecule is CN(C(=O)c1cccc2cn[nH]c12)C1CCS(=O)(=O)C1. The molecule has 3 rings (SSSR count). The van der Waals surface area contributed by atoms with Gasteiger partial charge in [-0.25, -0.2) is 8.42 Å². The number of aromatic amines is 1. The topological polar surface area (TPSA) is 83.1 Å². The van der Waals surface area contributed by atoms with E-state index in [1.807, 2.05) is 6.07 Å². The molecule has 0 radical (unpaired) electrons. The van der Waals surface area contributed by atoms with Gasteiger partial charge in [0.05, 0.1) is 28.8 Å². The molecule has 0 bridgehead atoms. The molecule has 1 N–H and O–H groups in total. The minimum absolute atomic E-state index is 0.0498. The number of para-hydroxylation sites is 1. The molecule has 20 heavy (non-hydrogen) atoms. The Bertz CT molecular complexity index is 766. The van der Waals surface area contributed by atoms with E-state index in [1.165, 1.54) is 4.90 Å². The molecule has 1 unspecified atom stereocenters. The Hall–Kier alpha value is -1.89. The highest BCUT2D eigenvalue weighted by atomic mass is 32.2. The van der Waals surface area contributed by atoms with Crippen molar-refractivity contribution in [2.24, 2.45) is 0 Å². The number of aromatic nitrogens is 2. The van der Waals surface area contributed by atoms with Crippen molar-refractivity contribution in [3.8, 4) is 0 Å². The average Bonchev–Trinajstić information content (AvgIpc) is 3.02. The average molecular weight is 293 g/mol. The molecule has 1 fully saturated rings. The summed E-state index contributed by atoms with van der Waals surface area (Å²) in [6.45, 7) is 0. The first kappa shape index (κ1) is 13.1. The van der Waals surface area contributed by atoms with Gasteiger partial charge < -0.3 is 4.90 Å². The number of fused-ring (bicyclic) bond motifs is 1. The van der Waals surface area contributed by atoms with Gasteiger partial charge >= 0.3 is 0 Å². The zero-order chi connectivity index (χ0) is 14.3. The molecule has 2 heterocycles. The van der Waals surface area contributed by atoms with Gasteiger partial charge in [-0.3, -0.25) is 9.89 Å². The molecule has 2 aromatic rings. The molecule has 1 aliphatic heterocycles. The van der Waals surface area contributed by atoms with E-state index < -0.39 is 9.84 Å². The third kappa shape index (κ3) is 2.18. The molecule has 1 atom stereocenters. The van der Waals surface area contributed by atoms with Crippen molar-refractivity contribution in [3.63, 3.8) is 0 Å². The summed E-state index contributed by atoms with van der Waals surface area (Å²) in [6, 6.07) is 5.15. The van der Waals surface area contributed by atoms with Crippen LogP contribution in [0.25, 0.3) is 10.9 Å². The first-order chi connectivity index (χ1) is 9.48. The number of hydrogen-bond acceptors (Lipinski definition) is 4. The van der Waals surface area contributed by atoms with Crippen molar-refractivity contribution in [2.75, 3.05) is 18.6 Å². The van der Waals surface area contributed by atoms with E-state index >= 15 is 0 Å². The van der Waals surface area contributed by atoms with Gasteiger partial charge in [0.15, 0.2) is 9.84 Å². The maximum absolute atomic E-state index is 12.5. The van der Waals surface area contributed by atoms with Gasteiger partial charge in [-0.05, 0) is 12.5 Å². The zero-order valence-corrected chi connectivity index (χ0v) is 11.9. The number of carbonyl (C=O) groups is 1. The second kappa shape index (κ2) is 4.59. The van der Waals surface area contributed by atoms with Gasteiger partial charge in [0.2, 0.25) is 0 Å². The van der Waals surface area contributed by atoms with Crippen LogP contribution in [-0.4, -0.2) is 54.0 Å². The lowest BCUT2D eigenvalue weighted by Gasteiger charge is -2.23. The minimum Gasteiger partial charge on any atom is -0.338 e. The van der Waals surface area contributed by atoms with E-state index in [0.717, 1.165) is 5.39 Å². The van der Waals surface area contributed by atoms with Crippen molar-refractivity contribution < 1.29 is 13.2 Å². The summed E-state index contributed by atoms with van der Waals surface area (Å²) >= 11 is 0. The Balaban J connectivity index is 1.91. The number of nitrogens with one attached hydrogen (secondary N) is 1. The number of sulfone groups is 1. The lowest BCUT2D eigenvalue weighted by atomic mass is 10.1. The summed E-state index contributed by atoms with van der Waals surface area (Å²) in [5.41, 5.74) is 1.21. The molecular weight excluding hydrogens is 278 g/mol. The Morgan fingerprint density at radius 3 is 2.95 bits per heavy atom. The summed E-state index contributed by atoms with van der Waals surface area (Å²) in [5, 5.41) is 7.61. The third-order valence-electron chi connectivity index (χ3n) is 3.78. The predicted molar refractivity (Wildman–Crippen MR) is 75.2 cm³/mol. The van der Waals surface area contributed by atoms with Gasteiger partial charge in [0.1, 0.15) is 0 Å². The Labute approximate surface area is 116 Å². The fraction of sp³-hybridized carbons (Fsp3) is 0.385. The van der Waals surface area contributed by atoms with Crippen LogP contribution in [-0.2, 0) is 9.84 Å². The van der Waals surface area contributed by atoms with Crippen LogP contribution in [0.15, 0.2) is 24.4 Å². The number of H-pyrrole nitrogens is 1. The third-order valence-corrected chi connectivity index (χ3v) is 5.53. The monoisotopic (exact) mass is 293 g/mol. The quantitative estimate of drug-likeness (QED) is 0.888. The maximum Gasteiger partial charge on any atom is 0.256 e. The minimum atomic E-state index is -3.00. The largest absolute Gasteiger partial charge is 0.338 e.